The van der Waals surface area contributed by atoms with E-state index in [9.17, 15) is 9.90 Å². The Hall–Kier alpha value is -1.33. The quantitative estimate of drug-likeness (QED) is 0.813. The molecule has 1 aliphatic carbocycles. The van der Waals surface area contributed by atoms with E-state index in [2.05, 4.69) is 15.9 Å². The van der Waals surface area contributed by atoms with Gasteiger partial charge in [-0.2, -0.15) is 0 Å². The number of aliphatic hydroxyl groups is 1. The molecule has 1 aromatic carbocycles. The molecule has 0 unspecified atom stereocenters. The number of fused-ring (bicyclic) bond motifs is 1. The number of hydrogen-bond donors (Lipinski definition) is 1. The van der Waals surface area contributed by atoms with Crippen LogP contribution in [0.15, 0.2) is 40.6 Å². The van der Waals surface area contributed by atoms with E-state index in [1.54, 1.807) is 6.08 Å². The van der Waals surface area contributed by atoms with Crippen LogP contribution < -0.4 is 0 Å². The molecule has 1 N–H and O–H groups in total. The highest BCUT2D eigenvalue weighted by atomic mass is 79.9. The third kappa shape index (κ3) is 2.79. The molecule has 3 rings (SSSR count). The van der Waals surface area contributed by atoms with Crippen molar-refractivity contribution < 1.29 is 19.4 Å². The zero-order chi connectivity index (χ0) is 15.7. The van der Waals surface area contributed by atoms with Crippen molar-refractivity contribution in [3.63, 3.8) is 0 Å². The Labute approximate surface area is 138 Å². The van der Waals surface area contributed by atoms with Crippen LogP contribution in [0.4, 0.5) is 0 Å². The molecule has 22 heavy (non-hydrogen) atoms. The van der Waals surface area contributed by atoms with Gasteiger partial charge < -0.3 is 14.6 Å². The summed E-state index contributed by atoms with van der Waals surface area (Å²) >= 11 is 3.43. The number of allylic oxidation sites excluding steroid dienone is 1. The maximum Gasteiger partial charge on any atom is 0.373 e. The molecule has 1 fully saturated rings. The molecule has 0 amide bonds. The first-order valence-electron chi connectivity index (χ1n) is 7.50. The van der Waals surface area contributed by atoms with E-state index in [1.165, 1.54) is 7.11 Å². The minimum atomic E-state index is -1.28. The van der Waals surface area contributed by atoms with Crippen molar-refractivity contribution in [2.45, 2.75) is 37.4 Å². The van der Waals surface area contributed by atoms with Crippen molar-refractivity contribution in [2.75, 3.05) is 7.11 Å². The number of esters is 1. The topological polar surface area (TPSA) is 55.8 Å². The number of ether oxygens (including phenoxy) is 2. The van der Waals surface area contributed by atoms with Crippen molar-refractivity contribution in [3.05, 3.63) is 46.1 Å². The monoisotopic (exact) mass is 366 g/mol. The van der Waals surface area contributed by atoms with Crippen molar-refractivity contribution >= 4 is 21.9 Å². The second kappa shape index (κ2) is 6.05. The first-order valence-corrected chi connectivity index (χ1v) is 8.30. The number of carbonyl (C=O) groups excluding carboxylic acids is 1. The third-order valence-corrected chi connectivity index (χ3v) is 5.10. The SMILES string of the molecule is COC(=O)C1=C[C@H](c2ccc(Br)cc2)[C@H]2CCCC[C@]2(O)O1. The number of halogens is 1. The van der Waals surface area contributed by atoms with Crippen molar-refractivity contribution in [1.82, 2.24) is 0 Å². The lowest BCUT2D eigenvalue weighted by molar-refractivity contribution is -0.243. The molecule has 1 saturated carbocycles. The molecule has 0 saturated heterocycles. The van der Waals surface area contributed by atoms with Gasteiger partial charge in [-0.15, -0.1) is 0 Å². The Morgan fingerprint density at radius 3 is 2.77 bits per heavy atom. The van der Waals surface area contributed by atoms with Crippen LogP contribution in [0.25, 0.3) is 0 Å². The van der Waals surface area contributed by atoms with Gasteiger partial charge >= 0.3 is 5.97 Å². The van der Waals surface area contributed by atoms with E-state index in [-0.39, 0.29) is 17.6 Å². The Morgan fingerprint density at radius 2 is 2.09 bits per heavy atom. The molecule has 0 radical (unpaired) electrons. The molecule has 5 heteroatoms. The first-order chi connectivity index (χ1) is 10.5. The highest BCUT2D eigenvalue weighted by Crippen LogP contribution is 2.48. The molecule has 0 bridgehead atoms. The van der Waals surface area contributed by atoms with Crippen molar-refractivity contribution in [3.8, 4) is 0 Å². The van der Waals surface area contributed by atoms with Crippen LogP contribution in [0.3, 0.4) is 0 Å². The third-order valence-electron chi connectivity index (χ3n) is 4.57. The van der Waals surface area contributed by atoms with Crippen LogP contribution >= 0.6 is 15.9 Å². The van der Waals surface area contributed by atoms with E-state index in [1.807, 2.05) is 24.3 Å². The first kappa shape index (κ1) is 15.6. The number of carbonyl (C=O) groups is 1. The van der Waals surface area contributed by atoms with Gasteiger partial charge in [0, 0.05) is 22.7 Å². The lowest BCUT2D eigenvalue weighted by Gasteiger charge is -2.46. The summed E-state index contributed by atoms with van der Waals surface area (Å²) in [7, 11) is 1.32. The highest BCUT2D eigenvalue weighted by molar-refractivity contribution is 9.10. The lowest BCUT2D eigenvalue weighted by atomic mass is 9.71. The summed E-state index contributed by atoms with van der Waals surface area (Å²) < 4.78 is 11.4. The maximum atomic E-state index is 11.9. The average molecular weight is 367 g/mol. The Kier molecular flexibility index (Phi) is 4.28. The summed E-state index contributed by atoms with van der Waals surface area (Å²) in [4.78, 5) is 11.9. The maximum absolute atomic E-state index is 11.9. The predicted molar refractivity (Wildman–Crippen MR) is 85.0 cm³/mol. The molecular weight excluding hydrogens is 348 g/mol. The molecule has 2 aliphatic rings. The summed E-state index contributed by atoms with van der Waals surface area (Å²) in [5, 5.41) is 10.9. The summed E-state index contributed by atoms with van der Waals surface area (Å²) in [6.07, 6.45) is 5.17. The molecule has 0 aromatic heterocycles. The van der Waals surface area contributed by atoms with E-state index >= 15 is 0 Å². The largest absolute Gasteiger partial charge is 0.463 e. The summed E-state index contributed by atoms with van der Waals surface area (Å²) in [6, 6.07) is 7.97. The Bertz CT molecular complexity index is 595. The van der Waals surface area contributed by atoms with Crippen LogP contribution in [0, 0.1) is 5.92 Å². The minimum Gasteiger partial charge on any atom is -0.463 e. The van der Waals surface area contributed by atoms with Gasteiger partial charge in [0.15, 0.2) is 0 Å². The van der Waals surface area contributed by atoms with Crippen LogP contribution in [0.2, 0.25) is 0 Å². The van der Waals surface area contributed by atoms with Gasteiger partial charge in [-0.05, 0) is 36.6 Å². The fraction of sp³-hybridized carbons (Fsp3) is 0.471. The van der Waals surface area contributed by atoms with Crippen molar-refractivity contribution in [2.24, 2.45) is 5.92 Å². The molecule has 0 spiro atoms. The predicted octanol–water partition coefficient (Wildman–Crippen LogP) is 3.50. The van der Waals surface area contributed by atoms with Crippen LogP contribution in [-0.4, -0.2) is 24.0 Å². The molecular formula is C17H19BrO4. The van der Waals surface area contributed by atoms with Gasteiger partial charge in [-0.1, -0.05) is 34.5 Å². The van der Waals surface area contributed by atoms with E-state index < -0.39 is 11.8 Å². The Morgan fingerprint density at radius 1 is 1.36 bits per heavy atom. The average Bonchev–Trinajstić information content (AvgIpc) is 2.53. The van der Waals surface area contributed by atoms with E-state index in [0.717, 1.165) is 29.3 Å². The van der Waals surface area contributed by atoms with Gasteiger partial charge in [0.05, 0.1) is 7.11 Å². The lowest BCUT2D eigenvalue weighted by Crippen LogP contribution is -2.48. The smallest absolute Gasteiger partial charge is 0.373 e. The second-order valence-electron chi connectivity index (χ2n) is 5.90. The van der Waals surface area contributed by atoms with Crippen LogP contribution in [0.5, 0.6) is 0 Å². The second-order valence-corrected chi connectivity index (χ2v) is 6.81. The molecule has 1 heterocycles. The highest BCUT2D eigenvalue weighted by Gasteiger charge is 2.49. The van der Waals surface area contributed by atoms with Crippen LogP contribution in [-0.2, 0) is 14.3 Å². The van der Waals surface area contributed by atoms with Gasteiger partial charge in [0.25, 0.3) is 0 Å². The number of hydrogen-bond acceptors (Lipinski definition) is 4. The van der Waals surface area contributed by atoms with Crippen LogP contribution in [0.1, 0.15) is 37.2 Å². The summed E-state index contributed by atoms with van der Waals surface area (Å²) in [5.41, 5.74) is 1.07. The van der Waals surface area contributed by atoms with Gasteiger partial charge in [-0.25, -0.2) is 4.79 Å². The standard InChI is InChI=1S/C17H19BrO4/c1-21-16(19)15-10-13(11-5-7-12(18)8-6-11)14-4-2-3-9-17(14,20)22-15/h5-8,10,13-14,20H,2-4,9H2,1H3/t13-,14-,17+/m1/s1. The van der Waals surface area contributed by atoms with Gasteiger partial charge in [-0.3, -0.25) is 0 Å². The normalized spacial score (nSPS) is 30.8. The zero-order valence-electron chi connectivity index (χ0n) is 12.4. The molecule has 4 nitrogen and oxygen atoms in total. The van der Waals surface area contributed by atoms with Gasteiger partial charge in [0.1, 0.15) is 0 Å². The molecule has 1 aliphatic heterocycles. The number of methoxy groups -OCH3 is 1. The Balaban J connectivity index is 2.03. The summed E-state index contributed by atoms with van der Waals surface area (Å²) in [5.74, 6) is -1.82. The minimum absolute atomic E-state index is 0.0455. The van der Waals surface area contributed by atoms with E-state index in [4.69, 9.17) is 9.47 Å². The molecule has 118 valence electrons. The van der Waals surface area contributed by atoms with Gasteiger partial charge in [0.2, 0.25) is 11.5 Å². The fourth-order valence-electron chi connectivity index (χ4n) is 3.47. The van der Waals surface area contributed by atoms with Crippen molar-refractivity contribution in [1.29, 1.82) is 0 Å². The fourth-order valence-corrected chi connectivity index (χ4v) is 3.73. The summed E-state index contributed by atoms with van der Waals surface area (Å²) in [6.45, 7) is 0. The number of rotatable bonds is 2. The molecule has 3 atom stereocenters. The molecule has 1 aromatic rings. The van der Waals surface area contributed by atoms with E-state index in [0.29, 0.717) is 6.42 Å². The zero-order valence-corrected chi connectivity index (χ0v) is 14.0. The number of benzene rings is 1.